The first-order chi connectivity index (χ1) is 6.26. The first-order valence-corrected chi connectivity index (χ1v) is 4.45. The summed E-state index contributed by atoms with van der Waals surface area (Å²) in [5, 5.41) is 3.08. The second-order valence-electron chi connectivity index (χ2n) is 3.20. The van der Waals surface area contributed by atoms with E-state index in [2.05, 4.69) is 42.4 Å². The molecule has 1 aromatic rings. The molecule has 0 aliphatic rings. The monoisotopic (exact) mass is 173 g/mol. The Labute approximate surface area is 80.2 Å². The lowest BCUT2D eigenvalue weighted by Gasteiger charge is -2.09. The number of benzene rings is 1. The van der Waals surface area contributed by atoms with Gasteiger partial charge in [0.2, 0.25) is 0 Å². The molecule has 1 aromatic carbocycles. The molecule has 0 aliphatic heterocycles. The third-order valence-electron chi connectivity index (χ3n) is 2.07. The first kappa shape index (κ1) is 9.83. The molecule has 0 fully saturated rings. The summed E-state index contributed by atoms with van der Waals surface area (Å²) < 4.78 is 0. The zero-order chi connectivity index (χ0) is 9.68. The summed E-state index contributed by atoms with van der Waals surface area (Å²) in [5.41, 5.74) is 2.57. The number of nitrogens with one attached hydrogen (secondary N) is 1. The van der Waals surface area contributed by atoms with Crippen LogP contribution in [0.5, 0.6) is 0 Å². The maximum atomic E-state index is 5.36. The van der Waals surface area contributed by atoms with Crippen molar-refractivity contribution in [3.63, 3.8) is 0 Å². The van der Waals surface area contributed by atoms with Crippen LogP contribution in [0.3, 0.4) is 0 Å². The van der Waals surface area contributed by atoms with Crippen LogP contribution >= 0.6 is 0 Å². The van der Waals surface area contributed by atoms with E-state index in [0.717, 1.165) is 6.42 Å². The third-order valence-corrected chi connectivity index (χ3v) is 2.07. The van der Waals surface area contributed by atoms with Gasteiger partial charge in [-0.05, 0) is 26.0 Å². The summed E-state index contributed by atoms with van der Waals surface area (Å²) in [5.74, 6) is 2.71. The van der Waals surface area contributed by atoms with Crippen LogP contribution in [0.1, 0.15) is 11.1 Å². The first-order valence-electron chi connectivity index (χ1n) is 4.45. The van der Waals surface area contributed by atoms with Crippen molar-refractivity contribution in [3.8, 4) is 12.3 Å². The zero-order valence-electron chi connectivity index (χ0n) is 8.17. The van der Waals surface area contributed by atoms with Crippen LogP contribution in [-0.4, -0.2) is 13.1 Å². The van der Waals surface area contributed by atoms with Crippen molar-refractivity contribution in [2.45, 2.75) is 19.4 Å². The van der Waals surface area contributed by atoms with Crippen LogP contribution in [-0.2, 0) is 6.42 Å². The summed E-state index contributed by atoms with van der Waals surface area (Å²) in [6.45, 7) is 2.09. The average molecular weight is 173 g/mol. The largest absolute Gasteiger partial charge is 0.306 e. The molecule has 0 bridgehead atoms. The number of rotatable bonds is 3. The van der Waals surface area contributed by atoms with Crippen molar-refractivity contribution in [1.29, 1.82) is 0 Å². The number of likely N-dealkylation sites (N-methyl/N-ethyl adjacent to an activating group) is 1. The van der Waals surface area contributed by atoms with Crippen LogP contribution in [0.15, 0.2) is 24.3 Å². The lowest BCUT2D eigenvalue weighted by Crippen LogP contribution is -2.25. The van der Waals surface area contributed by atoms with Gasteiger partial charge in [0.25, 0.3) is 0 Å². The predicted molar refractivity (Wildman–Crippen MR) is 56.6 cm³/mol. The van der Waals surface area contributed by atoms with Gasteiger partial charge < -0.3 is 5.32 Å². The minimum Gasteiger partial charge on any atom is -0.306 e. The van der Waals surface area contributed by atoms with Gasteiger partial charge in [0.1, 0.15) is 0 Å². The molecule has 13 heavy (non-hydrogen) atoms. The fourth-order valence-corrected chi connectivity index (χ4v) is 1.32. The van der Waals surface area contributed by atoms with E-state index in [-0.39, 0.29) is 6.04 Å². The third kappa shape index (κ3) is 2.93. The summed E-state index contributed by atoms with van der Waals surface area (Å²) in [6.07, 6.45) is 6.25. The Morgan fingerprint density at radius 2 is 2.31 bits per heavy atom. The molecule has 1 atom stereocenters. The van der Waals surface area contributed by atoms with Crippen molar-refractivity contribution in [2.24, 2.45) is 0 Å². The number of hydrogen-bond donors (Lipinski definition) is 1. The van der Waals surface area contributed by atoms with Gasteiger partial charge in [-0.2, -0.15) is 0 Å². The van der Waals surface area contributed by atoms with E-state index < -0.39 is 0 Å². The summed E-state index contributed by atoms with van der Waals surface area (Å²) in [4.78, 5) is 0. The van der Waals surface area contributed by atoms with Gasteiger partial charge in [-0.25, -0.2) is 0 Å². The van der Waals surface area contributed by atoms with Crippen molar-refractivity contribution < 1.29 is 0 Å². The van der Waals surface area contributed by atoms with Gasteiger partial charge in [0, 0.05) is 0 Å². The van der Waals surface area contributed by atoms with E-state index in [9.17, 15) is 0 Å². The molecule has 1 N–H and O–H groups in total. The molecule has 1 unspecified atom stereocenters. The average Bonchev–Trinajstić information content (AvgIpc) is 2.14. The fraction of sp³-hybridized carbons (Fsp3) is 0.333. The van der Waals surface area contributed by atoms with E-state index in [1.807, 2.05) is 7.05 Å². The Kier molecular flexibility index (Phi) is 3.54. The molecule has 0 radical (unpaired) electrons. The lowest BCUT2D eigenvalue weighted by molar-refractivity contribution is 0.683. The molecule has 0 spiro atoms. The summed E-state index contributed by atoms with van der Waals surface area (Å²) in [7, 11) is 1.89. The predicted octanol–water partition coefficient (Wildman–Crippen LogP) is 1.76. The molecule has 1 nitrogen and oxygen atoms in total. The molecule has 0 saturated heterocycles. The Morgan fingerprint density at radius 3 is 2.85 bits per heavy atom. The van der Waals surface area contributed by atoms with Gasteiger partial charge in [0.05, 0.1) is 6.04 Å². The van der Waals surface area contributed by atoms with E-state index >= 15 is 0 Å². The Balaban J connectivity index is 2.69. The molecule has 0 heterocycles. The van der Waals surface area contributed by atoms with Crippen molar-refractivity contribution in [2.75, 3.05) is 7.05 Å². The molecule has 1 heteroatoms. The van der Waals surface area contributed by atoms with Gasteiger partial charge in [-0.1, -0.05) is 35.7 Å². The topological polar surface area (TPSA) is 12.0 Å². The summed E-state index contributed by atoms with van der Waals surface area (Å²) >= 11 is 0. The highest BCUT2D eigenvalue weighted by Gasteiger charge is 2.02. The normalized spacial score (nSPS) is 12.1. The van der Waals surface area contributed by atoms with Gasteiger partial charge in [0.15, 0.2) is 0 Å². The standard InChI is InChI=1S/C12H15N/c1-4-12(13-3)9-11-7-5-6-10(2)8-11/h1,5-8,12-13H,9H2,2-3H3. The SMILES string of the molecule is C#CC(Cc1cccc(C)c1)NC. The molecular weight excluding hydrogens is 158 g/mol. The second kappa shape index (κ2) is 4.69. The Morgan fingerprint density at radius 1 is 1.54 bits per heavy atom. The number of terminal acetylenes is 1. The smallest absolute Gasteiger partial charge is 0.0725 e. The highest BCUT2D eigenvalue weighted by molar-refractivity contribution is 5.24. The van der Waals surface area contributed by atoms with Gasteiger partial charge in [-0.3, -0.25) is 0 Å². The van der Waals surface area contributed by atoms with Gasteiger partial charge in [-0.15, -0.1) is 6.42 Å². The second-order valence-corrected chi connectivity index (χ2v) is 3.20. The number of aryl methyl sites for hydroxylation is 1. The van der Waals surface area contributed by atoms with Crippen LogP contribution in [0, 0.1) is 19.3 Å². The quantitative estimate of drug-likeness (QED) is 0.687. The lowest BCUT2D eigenvalue weighted by atomic mass is 10.0. The van der Waals surface area contributed by atoms with Crippen LogP contribution in [0.2, 0.25) is 0 Å². The van der Waals surface area contributed by atoms with Crippen LogP contribution in [0.4, 0.5) is 0 Å². The maximum absolute atomic E-state index is 5.36. The van der Waals surface area contributed by atoms with Gasteiger partial charge >= 0.3 is 0 Å². The van der Waals surface area contributed by atoms with E-state index in [1.165, 1.54) is 11.1 Å². The molecule has 0 aromatic heterocycles. The maximum Gasteiger partial charge on any atom is 0.0725 e. The van der Waals surface area contributed by atoms with E-state index in [1.54, 1.807) is 0 Å². The molecule has 0 aliphatic carbocycles. The van der Waals surface area contributed by atoms with Crippen LogP contribution in [0.25, 0.3) is 0 Å². The van der Waals surface area contributed by atoms with E-state index in [4.69, 9.17) is 6.42 Å². The summed E-state index contributed by atoms with van der Waals surface area (Å²) in [6, 6.07) is 8.57. The minimum atomic E-state index is 0.141. The highest BCUT2D eigenvalue weighted by Crippen LogP contribution is 2.06. The van der Waals surface area contributed by atoms with Crippen molar-refractivity contribution >= 4 is 0 Å². The van der Waals surface area contributed by atoms with E-state index in [0.29, 0.717) is 0 Å². The fourth-order valence-electron chi connectivity index (χ4n) is 1.32. The molecule has 68 valence electrons. The minimum absolute atomic E-state index is 0.141. The molecule has 0 saturated carbocycles. The zero-order valence-corrected chi connectivity index (χ0v) is 8.17. The van der Waals surface area contributed by atoms with Crippen molar-refractivity contribution in [3.05, 3.63) is 35.4 Å². The van der Waals surface area contributed by atoms with Crippen LogP contribution < -0.4 is 5.32 Å². The molecular formula is C12H15N. The molecule has 0 amide bonds. The Hall–Kier alpha value is -1.26. The molecule has 1 rings (SSSR count). The Bertz CT molecular complexity index is 309. The highest BCUT2D eigenvalue weighted by atomic mass is 14.8. The number of hydrogen-bond acceptors (Lipinski definition) is 1. The van der Waals surface area contributed by atoms with Crippen molar-refractivity contribution in [1.82, 2.24) is 5.32 Å².